The van der Waals surface area contributed by atoms with Crippen LogP contribution >= 0.6 is 0 Å². The molecule has 6 heteroatoms. The van der Waals surface area contributed by atoms with E-state index in [9.17, 15) is 20.1 Å². The third-order valence-corrected chi connectivity index (χ3v) is 11.4. The summed E-state index contributed by atoms with van der Waals surface area (Å²) in [7, 11) is 0. The molecule has 2 aliphatic heterocycles. The fourth-order valence-electron chi connectivity index (χ4n) is 9.45. The van der Waals surface area contributed by atoms with E-state index in [2.05, 4.69) is 31.7 Å². The normalized spacial score (nSPS) is 39.8. The van der Waals surface area contributed by atoms with Crippen molar-refractivity contribution in [2.24, 2.45) is 28.6 Å². The lowest BCUT2D eigenvalue weighted by Crippen LogP contribution is -2.58. The molecule has 3 heterocycles. The number of hydrogen-bond donors (Lipinski definition) is 3. The van der Waals surface area contributed by atoms with E-state index in [1.54, 1.807) is 13.0 Å². The zero-order valence-electron chi connectivity index (χ0n) is 23.7. The smallest absolute Gasteiger partial charge is 0.250 e. The van der Waals surface area contributed by atoms with Gasteiger partial charge in [-0.2, -0.15) is 0 Å². The Hall–Kier alpha value is -1.21. The van der Waals surface area contributed by atoms with E-state index in [0.29, 0.717) is 30.7 Å². The number of pyridine rings is 1. The first-order valence-electron chi connectivity index (χ1n) is 14.8. The monoisotopic (exact) mass is 514 g/mol. The maximum atomic E-state index is 12.3. The summed E-state index contributed by atoms with van der Waals surface area (Å²) in [6.45, 7) is 13.8. The first-order valence-corrected chi connectivity index (χ1v) is 14.8. The molecule has 2 aliphatic carbocycles. The van der Waals surface area contributed by atoms with Gasteiger partial charge in [-0.15, -0.1) is 0 Å². The molecule has 4 aliphatic rings. The Morgan fingerprint density at radius 3 is 2.62 bits per heavy atom. The Morgan fingerprint density at radius 1 is 1.11 bits per heavy atom. The molecule has 1 aromatic rings. The summed E-state index contributed by atoms with van der Waals surface area (Å²) in [5.41, 5.74) is -0.437. The van der Waals surface area contributed by atoms with Gasteiger partial charge in [-0.1, -0.05) is 33.3 Å². The topological polar surface area (TPSA) is 85.9 Å². The van der Waals surface area contributed by atoms with Gasteiger partial charge in [0.2, 0.25) is 0 Å². The Kier molecular flexibility index (Phi) is 7.00. The van der Waals surface area contributed by atoms with Gasteiger partial charge in [0.25, 0.3) is 5.56 Å². The second-order valence-corrected chi connectivity index (χ2v) is 14.7. The number of nitrogens with zero attached hydrogens (tertiary/aromatic N) is 2. The largest absolute Gasteiger partial charge is 0.390 e. The highest BCUT2D eigenvalue weighted by atomic mass is 16.3. The summed E-state index contributed by atoms with van der Waals surface area (Å²) in [5.74, 6) is 1.38. The maximum Gasteiger partial charge on any atom is 0.250 e. The minimum atomic E-state index is -1.22. The molecule has 3 fully saturated rings. The number of aromatic nitrogens is 1. The molecular formula is C31H50N2O4. The molecule has 208 valence electrons. The second-order valence-electron chi connectivity index (χ2n) is 14.7. The van der Waals surface area contributed by atoms with Gasteiger partial charge in [0.05, 0.1) is 17.3 Å². The number of piperidine rings is 1. The standard InChI is InChI=1S/C31H50N2O4/c1-28(2)12-7-13-29(3)24(28)10-14-30(4,36)25(29)11-15-31(5,37)26(34)20-32-17-21-16-22(19-32)23-8-6-9-27(35)33(23)18-21/h6,8-9,21-22,24-26,34,36-37H,7,10-20H2,1-5H3/t21?,22?,24?,25-,26?,29+,30-,31?/m1/s1. The molecule has 0 aromatic carbocycles. The Bertz CT molecular complexity index is 1050. The Balaban J connectivity index is 1.25. The molecule has 5 unspecified atom stereocenters. The van der Waals surface area contributed by atoms with Gasteiger partial charge in [-0.05, 0) is 93.4 Å². The van der Waals surface area contributed by atoms with Crippen molar-refractivity contribution in [1.82, 2.24) is 9.47 Å². The second kappa shape index (κ2) is 9.46. The summed E-state index contributed by atoms with van der Waals surface area (Å²) >= 11 is 0. The van der Waals surface area contributed by atoms with Crippen LogP contribution in [0, 0.1) is 28.6 Å². The van der Waals surface area contributed by atoms with Crippen LogP contribution in [0.3, 0.4) is 0 Å². The van der Waals surface area contributed by atoms with Crippen molar-refractivity contribution in [1.29, 1.82) is 0 Å². The first-order chi connectivity index (χ1) is 17.2. The van der Waals surface area contributed by atoms with Gasteiger partial charge in [0.15, 0.2) is 0 Å². The van der Waals surface area contributed by atoms with E-state index < -0.39 is 17.3 Å². The molecule has 6 nitrogen and oxygen atoms in total. The van der Waals surface area contributed by atoms with Crippen LogP contribution in [0.15, 0.2) is 23.0 Å². The lowest BCUT2D eigenvalue weighted by Gasteiger charge is -2.61. The van der Waals surface area contributed by atoms with Crippen LogP contribution in [-0.4, -0.2) is 61.7 Å². The van der Waals surface area contributed by atoms with E-state index in [1.807, 2.05) is 17.6 Å². The molecule has 0 amide bonds. The quantitative estimate of drug-likeness (QED) is 0.531. The first kappa shape index (κ1) is 27.4. The molecule has 37 heavy (non-hydrogen) atoms. The third kappa shape index (κ3) is 4.97. The van der Waals surface area contributed by atoms with Crippen molar-refractivity contribution in [3.05, 3.63) is 34.2 Å². The number of aliphatic hydroxyl groups is 3. The lowest BCUT2D eigenvalue weighted by atomic mass is 9.45. The summed E-state index contributed by atoms with van der Waals surface area (Å²) in [5, 5.41) is 34.3. The van der Waals surface area contributed by atoms with E-state index in [0.717, 1.165) is 57.4 Å². The molecule has 2 saturated carbocycles. The van der Waals surface area contributed by atoms with Crippen LogP contribution < -0.4 is 5.56 Å². The predicted molar refractivity (Wildman–Crippen MR) is 146 cm³/mol. The molecule has 0 radical (unpaired) electrons. The summed E-state index contributed by atoms with van der Waals surface area (Å²) in [4.78, 5) is 14.6. The number of β-amino-alcohol motifs (C(OH)–C–C–N with tert-alkyl or cyclic N) is 1. The summed E-state index contributed by atoms with van der Waals surface area (Å²) in [6, 6.07) is 5.56. The van der Waals surface area contributed by atoms with Crippen LogP contribution in [0.1, 0.15) is 97.6 Å². The highest BCUT2D eigenvalue weighted by Crippen LogP contribution is 2.63. The SMILES string of the molecule is CC1(C)CCC[C@@]2(C)C1CC[C@@](C)(O)[C@@H]2CCC(C)(O)C(O)CN1CC2CC(C1)c1cccc(=O)n1C2. The van der Waals surface area contributed by atoms with Crippen molar-refractivity contribution >= 4 is 0 Å². The molecule has 3 N–H and O–H groups in total. The Labute approximate surface area is 223 Å². The average molecular weight is 515 g/mol. The highest BCUT2D eigenvalue weighted by molar-refractivity contribution is 5.17. The van der Waals surface area contributed by atoms with E-state index >= 15 is 0 Å². The summed E-state index contributed by atoms with van der Waals surface area (Å²) in [6.07, 6.45) is 6.88. The van der Waals surface area contributed by atoms with Crippen molar-refractivity contribution in [3.63, 3.8) is 0 Å². The molecule has 8 atom stereocenters. The zero-order chi connectivity index (χ0) is 26.8. The average Bonchev–Trinajstić information content (AvgIpc) is 2.78. The zero-order valence-corrected chi connectivity index (χ0v) is 23.7. The minimum Gasteiger partial charge on any atom is -0.390 e. The van der Waals surface area contributed by atoms with Gasteiger partial charge in [0, 0.05) is 43.9 Å². The van der Waals surface area contributed by atoms with Crippen molar-refractivity contribution in [3.8, 4) is 0 Å². The number of fused-ring (bicyclic) bond motifs is 5. The molecule has 1 saturated heterocycles. The van der Waals surface area contributed by atoms with Gasteiger partial charge in [-0.25, -0.2) is 0 Å². The Morgan fingerprint density at radius 2 is 1.86 bits per heavy atom. The number of likely N-dealkylation sites (tertiary alicyclic amines) is 1. The van der Waals surface area contributed by atoms with Crippen molar-refractivity contribution < 1.29 is 15.3 Å². The molecule has 0 spiro atoms. The minimum absolute atomic E-state index is 0.0559. The third-order valence-electron chi connectivity index (χ3n) is 11.4. The number of rotatable bonds is 6. The maximum absolute atomic E-state index is 12.3. The summed E-state index contributed by atoms with van der Waals surface area (Å²) < 4.78 is 1.93. The van der Waals surface area contributed by atoms with Crippen LogP contribution in [0.2, 0.25) is 0 Å². The van der Waals surface area contributed by atoms with Crippen molar-refractivity contribution in [2.45, 2.75) is 116 Å². The van der Waals surface area contributed by atoms with Crippen LogP contribution in [0.25, 0.3) is 0 Å². The van der Waals surface area contributed by atoms with Crippen LogP contribution in [0.5, 0.6) is 0 Å². The lowest BCUT2D eigenvalue weighted by molar-refractivity contribution is -0.176. The van der Waals surface area contributed by atoms with E-state index in [1.165, 1.54) is 12.8 Å². The fourth-order valence-corrected chi connectivity index (χ4v) is 9.45. The molecular weight excluding hydrogens is 464 g/mol. The van der Waals surface area contributed by atoms with Gasteiger partial charge in [-0.3, -0.25) is 9.69 Å². The molecule has 1 aromatic heterocycles. The van der Waals surface area contributed by atoms with E-state index in [4.69, 9.17) is 0 Å². The van der Waals surface area contributed by atoms with Gasteiger partial charge < -0.3 is 19.9 Å². The van der Waals surface area contributed by atoms with Crippen LogP contribution in [-0.2, 0) is 6.54 Å². The number of hydrogen-bond acceptors (Lipinski definition) is 5. The fraction of sp³-hybridized carbons (Fsp3) is 0.839. The highest BCUT2D eigenvalue weighted by Gasteiger charge is 2.58. The van der Waals surface area contributed by atoms with Crippen LogP contribution in [0.4, 0.5) is 0 Å². The van der Waals surface area contributed by atoms with Gasteiger partial charge in [0.1, 0.15) is 0 Å². The molecule has 5 rings (SSSR count). The molecule has 2 bridgehead atoms. The van der Waals surface area contributed by atoms with E-state index in [-0.39, 0.29) is 22.3 Å². The number of aliphatic hydroxyl groups excluding tert-OH is 1. The predicted octanol–water partition coefficient (Wildman–Crippen LogP) is 4.15. The van der Waals surface area contributed by atoms with Gasteiger partial charge >= 0.3 is 0 Å². The van der Waals surface area contributed by atoms with Crippen molar-refractivity contribution in [2.75, 3.05) is 19.6 Å².